The van der Waals surface area contributed by atoms with E-state index in [0.29, 0.717) is 6.42 Å². The molecule has 2 rings (SSSR count). The third-order valence-corrected chi connectivity index (χ3v) is 4.24. The van der Waals surface area contributed by atoms with E-state index in [0.717, 1.165) is 11.9 Å². The van der Waals surface area contributed by atoms with Crippen LogP contribution in [0.25, 0.3) is 10.9 Å². The first-order valence-electron chi connectivity index (χ1n) is 9.51. The molecule has 0 aliphatic heterocycles. The molecule has 0 fully saturated rings. The van der Waals surface area contributed by atoms with Crippen LogP contribution in [0.5, 0.6) is 0 Å². The van der Waals surface area contributed by atoms with Crippen LogP contribution < -0.4 is 0 Å². The van der Waals surface area contributed by atoms with E-state index in [1.807, 2.05) is 19.2 Å². The van der Waals surface area contributed by atoms with Crippen LogP contribution in [0.4, 0.5) is 4.79 Å². The van der Waals surface area contributed by atoms with E-state index < -0.39 is 17.7 Å². The minimum absolute atomic E-state index is 0.191. The Morgan fingerprint density at radius 3 is 2.54 bits per heavy atom. The van der Waals surface area contributed by atoms with Gasteiger partial charge in [0.2, 0.25) is 0 Å². The van der Waals surface area contributed by atoms with Crippen LogP contribution in [0.15, 0.2) is 42.2 Å². The van der Waals surface area contributed by atoms with Crippen LogP contribution in [-0.4, -0.2) is 40.8 Å². The van der Waals surface area contributed by atoms with Gasteiger partial charge in [0.25, 0.3) is 0 Å². The van der Waals surface area contributed by atoms with Gasteiger partial charge in [0, 0.05) is 31.2 Å². The summed E-state index contributed by atoms with van der Waals surface area (Å²) >= 11 is 0. The maximum atomic E-state index is 12.4. The average Bonchev–Trinajstić information content (AvgIpc) is 2.93. The molecule has 0 radical (unpaired) electrons. The number of para-hydroxylation sites is 1. The third kappa shape index (κ3) is 5.38. The van der Waals surface area contributed by atoms with Gasteiger partial charge in [-0.1, -0.05) is 24.3 Å². The van der Waals surface area contributed by atoms with E-state index in [-0.39, 0.29) is 12.3 Å². The molecule has 6 nitrogen and oxygen atoms in total. The van der Waals surface area contributed by atoms with Crippen molar-refractivity contribution in [1.82, 2.24) is 9.47 Å². The number of hydrogen-bond acceptors (Lipinski definition) is 4. The van der Waals surface area contributed by atoms with Gasteiger partial charge in [-0.2, -0.15) is 0 Å². The van der Waals surface area contributed by atoms with Gasteiger partial charge < -0.3 is 14.0 Å². The van der Waals surface area contributed by atoms with Gasteiger partial charge in [0.15, 0.2) is 0 Å². The maximum Gasteiger partial charge on any atom is 0.414 e. The summed E-state index contributed by atoms with van der Waals surface area (Å²) in [5.41, 5.74) is 1.90. The first kappa shape index (κ1) is 21.5. The molecule has 152 valence electrons. The van der Waals surface area contributed by atoms with Gasteiger partial charge in [0.05, 0.1) is 6.61 Å². The van der Waals surface area contributed by atoms with Crippen molar-refractivity contribution in [2.75, 3.05) is 13.7 Å². The molecule has 0 atom stereocenters. The SMILES string of the molecule is CCOC(=O)C(=CCCc1cn(C)c2ccccc12)N(C)C(=O)OC(C)(C)C. The summed E-state index contributed by atoms with van der Waals surface area (Å²) in [6.07, 6.45) is 4.59. The Balaban J connectivity index is 2.19. The molecule has 6 heteroatoms. The number of fused-ring (bicyclic) bond motifs is 1. The molecule has 0 spiro atoms. The van der Waals surface area contributed by atoms with E-state index in [1.165, 1.54) is 22.9 Å². The van der Waals surface area contributed by atoms with Crippen molar-refractivity contribution in [2.24, 2.45) is 7.05 Å². The van der Waals surface area contributed by atoms with E-state index in [2.05, 4.69) is 22.9 Å². The van der Waals surface area contributed by atoms with E-state index in [1.54, 1.807) is 33.8 Å². The quantitative estimate of drug-likeness (QED) is 0.544. The van der Waals surface area contributed by atoms with Crippen molar-refractivity contribution < 1.29 is 19.1 Å². The molecule has 1 heterocycles. The largest absolute Gasteiger partial charge is 0.461 e. The fourth-order valence-electron chi connectivity index (χ4n) is 2.98. The average molecular weight is 386 g/mol. The molecule has 0 saturated carbocycles. The zero-order valence-corrected chi connectivity index (χ0v) is 17.6. The molecule has 0 aliphatic rings. The van der Waals surface area contributed by atoms with Crippen molar-refractivity contribution in [3.63, 3.8) is 0 Å². The van der Waals surface area contributed by atoms with E-state index >= 15 is 0 Å². The molecule has 2 aromatic rings. The monoisotopic (exact) mass is 386 g/mol. The number of ether oxygens (including phenoxy) is 2. The lowest BCUT2D eigenvalue weighted by molar-refractivity contribution is -0.140. The summed E-state index contributed by atoms with van der Waals surface area (Å²) in [6.45, 7) is 7.33. The van der Waals surface area contributed by atoms with Crippen LogP contribution in [0.2, 0.25) is 0 Å². The highest BCUT2D eigenvalue weighted by Crippen LogP contribution is 2.22. The topological polar surface area (TPSA) is 60.8 Å². The van der Waals surface area contributed by atoms with Crippen LogP contribution in [0.3, 0.4) is 0 Å². The van der Waals surface area contributed by atoms with E-state index in [9.17, 15) is 9.59 Å². The second kappa shape index (κ2) is 8.95. The van der Waals surface area contributed by atoms with Crippen molar-refractivity contribution >= 4 is 23.0 Å². The number of hydrogen-bond donors (Lipinski definition) is 0. The Labute approximate surface area is 166 Å². The van der Waals surface area contributed by atoms with Crippen LogP contribution in [-0.2, 0) is 27.7 Å². The molecule has 0 bridgehead atoms. The number of carbonyl (C=O) groups excluding carboxylic acids is 2. The summed E-state index contributed by atoms with van der Waals surface area (Å²) < 4.78 is 12.6. The minimum atomic E-state index is -0.645. The molecule has 0 saturated heterocycles. The minimum Gasteiger partial charge on any atom is -0.461 e. The number of esters is 1. The molecule has 0 aliphatic carbocycles. The summed E-state index contributed by atoms with van der Waals surface area (Å²) in [5.74, 6) is -0.534. The Kier molecular flexibility index (Phi) is 6.89. The predicted octanol–water partition coefficient (Wildman–Crippen LogP) is 4.42. The van der Waals surface area contributed by atoms with Gasteiger partial charge in [-0.25, -0.2) is 9.59 Å². The van der Waals surface area contributed by atoms with Gasteiger partial charge in [-0.15, -0.1) is 0 Å². The number of allylic oxidation sites excluding steroid dienone is 1. The van der Waals surface area contributed by atoms with Gasteiger partial charge in [-0.05, 0) is 52.2 Å². The number of carbonyl (C=O) groups is 2. The molecule has 1 amide bonds. The standard InChI is InChI=1S/C22H30N2O4/c1-7-27-20(25)19(24(6)21(26)28-22(2,3)4)14-10-11-16-15-23(5)18-13-9-8-12-17(16)18/h8-9,12-15H,7,10-11H2,1-6H3. The Hall–Kier alpha value is -2.76. The number of nitrogens with zero attached hydrogens (tertiary/aromatic N) is 2. The number of benzene rings is 1. The van der Waals surface area contributed by atoms with Gasteiger partial charge in [-0.3, -0.25) is 4.90 Å². The molecule has 0 N–H and O–H groups in total. The molecular formula is C22H30N2O4. The normalized spacial score (nSPS) is 12.1. The van der Waals surface area contributed by atoms with Crippen molar-refractivity contribution in [2.45, 2.75) is 46.1 Å². The molecular weight excluding hydrogens is 356 g/mol. The van der Waals surface area contributed by atoms with E-state index in [4.69, 9.17) is 9.47 Å². The summed E-state index contributed by atoms with van der Waals surface area (Å²) in [6, 6.07) is 8.20. The van der Waals surface area contributed by atoms with Crippen molar-refractivity contribution in [3.8, 4) is 0 Å². The van der Waals surface area contributed by atoms with Gasteiger partial charge in [0.1, 0.15) is 11.3 Å². The molecule has 1 aromatic heterocycles. The Morgan fingerprint density at radius 1 is 1.21 bits per heavy atom. The van der Waals surface area contributed by atoms with Crippen LogP contribution in [0, 0.1) is 0 Å². The predicted molar refractivity (Wildman–Crippen MR) is 110 cm³/mol. The first-order chi connectivity index (χ1) is 13.1. The second-order valence-corrected chi connectivity index (χ2v) is 7.67. The maximum absolute atomic E-state index is 12.4. The van der Waals surface area contributed by atoms with Crippen molar-refractivity contribution in [3.05, 3.63) is 47.8 Å². The Morgan fingerprint density at radius 2 is 1.89 bits per heavy atom. The fourth-order valence-corrected chi connectivity index (χ4v) is 2.98. The lowest BCUT2D eigenvalue weighted by Crippen LogP contribution is -2.36. The fraction of sp³-hybridized carbons (Fsp3) is 0.455. The second-order valence-electron chi connectivity index (χ2n) is 7.67. The smallest absolute Gasteiger partial charge is 0.414 e. The zero-order valence-electron chi connectivity index (χ0n) is 17.6. The molecule has 1 aromatic carbocycles. The number of likely N-dealkylation sites (N-methyl/N-ethyl adjacent to an activating group) is 1. The van der Waals surface area contributed by atoms with Crippen LogP contribution >= 0.6 is 0 Å². The number of aromatic nitrogens is 1. The highest BCUT2D eigenvalue weighted by atomic mass is 16.6. The summed E-state index contributed by atoms with van der Waals surface area (Å²) in [5, 5.41) is 1.19. The summed E-state index contributed by atoms with van der Waals surface area (Å²) in [7, 11) is 3.54. The van der Waals surface area contributed by atoms with Crippen LogP contribution in [0.1, 0.15) is 39.7 Å². The molecule has 0 unspecified atom stereocenters. The number of amides is 1. The number of aryl methyl sites for hydroxylation is 2. The third-order valence-electron chi connectivity index (χ3n) is 4.24. The number of rotatable bonds is 6. The van der Waals surface area contributed by atoms with Gasteiger partial charge >= 0.3 is 12.1 Å². The van der Waals surface area contributed by atoms with Crippen molar-refractivity contribution in [1.29, 1.82) is 0 Å². The lowest BCUT2D eigenvalue weighted by atomic mass is 10.1. The highest BCUT2D eigenvalue weighted by molar-refractivity contribution is 5.92. The Bertz CT molecular complexity index is 874. The molecule has 28 heavy (non-hydrogen) atoms. The summed E-state index contributed by atoms with van der Waals surface area (Å²) in [4.78, 5) is 26.0. The zero-order chi connectivity index (χ0) is 20.9. The first-order valence-corrected chi connectivity index (χ1v) is 9.51. The lowest BCUT2D eigenvalue weighted by Gasteiger charge is -2.25. The highest BCUT2D eigenvalue weighted by Gasteiger charge is 2.26.